The first-order valence-electron chi connectivity index (χ1n) is 13.8. The molecule has 3 rings (SSSR count). The summed E-state index contributed by atoms with van der Waals surface area (Å²) >= 11 is 5.78. The van der Waals surface area contributed by atoms with Gasteiger partial charge in [-0.05, 0) is 61.6 Å². The number of hydrogen-bond acceptors (Lipinski definition) is 6. The van der Waals surface area contributed by atoms with Gasteiger partial charge in [-0.2, -0.15) is 0 Å². The van der Waals surface area contributed by atoms with Gasteiger partial charge in [0.25, 0.3) is 5.91 Å². The Labute approximate surface area is 246 Å². The van der Waals surface area contributed by atoms with E-state index in [1.54, 1.807) is 0 Å². The fourth-order valence-electron chi connectivity index (χ4n) is 4.55. The molecule has 4 N–H and O–H groups in total. The fraction of sp³-hybridized carbons (Fsp3) is 0.607. The van der Waals surface area contributed by atoms with Crippen molar-refractivity contribution in [2.24, 2.45) is 11.3 Å². The number of ether oxygens (including phenoxy) is 1. The molecule has 4 amide bonds. The lowest BCUT2D eigenvalue weighted by atomic mass is 9.87. The minimum atomic E-state index is -4.94. The van der Waals surface area contributed by atoms with Gasteiger partial charge in [0, 0.05) is 24.9 Å². The highest BCUT2D eigenvalue weighted by Gasteiger charge is 2.38. The van der Waals surface area contributed by atoms with Gasteiger partial charge in [0.1, 0.15) is 11.8 Å². The van der Waals surface area contributed by atoms with Gasteiger partial charge in [-0.25, -0.2) is 0 Å². The Balaban J connectivity index is 1.69. The predicted molar refractivity (Wildman–Crippen MR) is 146 cm³/mol. The van der Waals surface area contributed by atoms with Crippen molar-refractivity contribution < 1.29 is 41.9 Å². The summed E-state index contributed by atoms with van der Waals surface area (Å²) in [6.45, 7) is 5.98. The van der Waals surface area contributed by atoms with Crippen molar-refractivity contribution in [3.8, 4) is 5.75 Å². The highest BCUT2D eigenvalue weighted by molar-refractivity contribution is 6.38. The molecule has 2 aliphatic rings. The minimum Gasteiger partial charge on any atom is -0.404 e. The minimum absolute atomic E-state index is 0.0281. The molecule has 0 aromatic heterocycles. The Hall–Kier alpha value is -3.35. The van der Waals surface area contributed by atoms with Gasteiger partial charge in [-0.15, -0.1) is 13.2 Å². The van der Waals surface area contributed by atoms with Crippen LogP contribution in [0.3, 0.4) is 0 Å². The van der Waals surface area contributed by atoms with Crippen LogP contribution >= 0.6 is 11.6 Å². The number of ketones is 1. The van der Waals surface area contributed by atoms with Gasteiger partial charge < -0.3 is 26.0 Å². The van der Waals surface area contributed by atoms with Crippen LogP contribution in [0.4, 0.5) is 13.2 Å². The third-order valence-electron chi connectivity index (χ3n) is 6.78. The monoisotopic (exact) mass is 616 g/mol. The maximum absolute atomic E-state index is 13.4. The van der Waals surface area contributed by atoms with Crippen molar-refractivity contribution >= 4 is 41.0 Å². The van der Waals surface area contributed by atoms with Gasteiger partial charge in [0.2, 0.25) is 23.5 Å². The fourth-order valence-corrected chi connectivity index (χ4v) is 4.71. The molecular weight excluding hydrogens is 581 g/mol. The zero-order chi connectivity index (χ0) is 31.2. The standard InChI is InChI=1S/C28H36ClF3N4O6/c1-27(2,3)14-20(35-22(37)9-5-15-4-8-18(29)21(12-15)42-28(30,31)32)25(40)36-19(13-16-10-11-33-24(16)39)23(38)26(41)34-17-6-7-17/h4,8,12,16-17,19-20H,5-7,9-11,13-14H2,1-3H3,(H,33,39)(H,34,41)(H,35,37)(H,36,40)/t16?,19?,20-/m0/s1. The molecule has 14 heteroatoms. The maximum Gasteiger partial charge on any atom is 0.573 e. The van der Waals surface area contributed by atoms with Crippen molar-refractivity contribution in [2.75, 3.05) is 6.54 Å². The van der Waals surface area contributed by atoms with Gasteiger partial charge in [0.05, 0.1) is 11.1 Å². The highest BCUT2D eigenvalue weighted by atomic mass is 35.5. The number of rotatable bonds is 13. The van der Waals surface area contributed by atoms with Crippen molar-refractivity contribution in [1.29, 1.82) is 0 Å². The molecule has 42 heavy (non-hydrogen) atoms. The summed E-state index contributed by atoms with van der Waals surface area (Å²) in [4.78, 5) is 64.0. The number of halogens is 4. The van der Waals surface area contributed by atoms with Crippen molar-refractivity contribution in [3.63, 3.8) is 0 Å². The molecular formula is C28H36ClF3N4O6. The van der Waals surface area contributed by atoms with Crippen LogP contribution in [-0.4, -0.2) is 60.4 Å². The Morgan fingerprint density at radius 3 is 2.33 bits per heavy atom. The first-order chi connectivity index (χ1) is 19.5. The molecule has 1 saturated heterocycles. The Morgan fingerprint density at radius 1 is 1.07 bits per heavy atom. The second-order valence-electron chi connectivity index (χ2n) is 11.9. The van der Waals surface area contributed by atoms with E-state index in [0.717, 1.165) is 18.9 Å². The number of Topliss-reactive ketones (excluding diaryl/α,β-unsaturated/α-hetero) is 1. The second-order valence-corrected chi connectivity index (χ2v) is 12.3. The van der Waals surface area contributed by atoms with Crippen LogP contribution in [0.5, 0.6) is 5.75 Å². The van der Waals surface area contributed by atoms with Crippen molar-refractivity contribution in [3.05, 3.63) is 28.8 Å². The van der Waals surface area contributed by atoms with Crippen molar-refractivity contribution in [1.82, 2.24) is 21.3 Å². The summed E-state index contributed by atoms with van der Waals surface area (Å²) in [5.74, 6) is -4.38. The number of benzene rings is 1. The molecule has 1 aromatic rings. The normalized spacial score (nSPS) is 18.5. The SMILES string of the molecule is CC(C)(C)C[C@H](NC(=O)CCc1ccc(Cl)c(OC(F)(F)F)c1)C(=O)NC(CC1CCNC1=O)C(=O)C(=O)NC1CC1. The molecule has 1 heterocycles. The molecule has 1 saturated carbocycles. The van der Waals surface area contributed by atoms with Crippen LogP contribution in [0.25, 0.3) is 0 Å². The maximum atomic E-state index is 13.4. The summed E-state index contributed by atoms with van der Waals surface area (Å²) < 4.78 is 41.9. The van der Waals surface area contributed by atoms with Gasteiger partial charge >= 0.3 is 6.36 Å². The molecule has 1 aliphatic heterocycles. The van der Waals surface area contributed by atoms with E-state index in [4.69, 9.17) is 11.6 Å². The van der Waals surface area contributed by atoms with Gasteiger partial charge in [-0.1, -0.05) is 38.4 Å². The van der Waals surface area contributed by atoms with E-state index in [0.29, 0.717) is 18.5 Å². The average molecular weight is 617 g/mol. The van der Waals surface area contributed by atoms with Gasteiger partial charge in [-0.3, -0.25) is 24.0 Å². The molecule has 10 nitrogen and oxygen atoms in total. The van der Waals surface area contributed by atoms with E-state index in [2.05, 4.69) is 26.0 Å². The zero-order valence-corrected chi connectivity index (χ0v) is 24.4. The van der Waals surface area contributed by atoms with E-state index in [1.165, 1.54) is 12.1 Å². The number of aryl methyl sites for hydroxylation is 1. The van der Waals surface area contributed by atoms with Crippen LogP contribution in [0, 0.1) is 11.3 Å². The Bertz CT molecular complexity index is 1200. The van der Waals surface area contributed by atoms with E-state index >= 15 is 0 Å². The summed E-state index contributed by atoms with van der Waals surface area (Å²) in [7, 11) is 0. The second kappa shape index (κ2) is 13.7. The van der Waals surface area contributed by atoms with Crippen LogP contribution < -0.4 is 26.0 Å². The third kappa shape index (κ3) is 10.8. The Morgan fingerprint density at radius 2 is 1.76 bits per heavy atom. The molecule has 1 aliphatic carbocycles. The number of nitrogens with one attached hydrogen (secondary N) is 4. The van der Waals surface area contributed by atoms with Crippen LogP contribution in [0.15, 0.2) is 18.2 Å². The summed E-state index contributed by atoms with van der Waals surface area (Å²) in [5, 5.41) is 10.3. The zero-order valence-electron chi connectivity index (χ0n) is 23.7. The topological polar surface area (TPSA) is 143 Å². The van der Waals surface area contributed by atoms with Crippen molar-refractivity contribution in [2.45, 2.75) is 90.2 Å². The predicted octanol–water partition coefficient (Wildman–Crippen LogP) is 2.95. The number of amides is 4. The first-order valence-corrected chi connectivity index (χ1v) is 14.1. The third-order valence-corrected chi connectivity index (χ3v) is 7.09. The Kier molecular flexibility index (Phi) is 10.9. The average Bonchev–Trinajstić information content (AvgIpc) is 3.60. The first kappa shape index (κ1) is 33.2. The highest BCUT2D eigenvalue weighted by Crippen LogP contribution is 2.31. The molecule has 2 fully saturated rings. The van der Waals surface area contributed by atoms with E-state index in [-0.39, 0.29) is 42.7 Å². The quantitative estimate of drug-likeness (QED) is 0.251. The van der Waals surface area contributed by atoms with Gasteiger partial charge in [0.15, 0.2) is 0 Å². The van der Waals surface area contributed by atoms with Crippen LogP contribution in [0.1, 0.15) is 64.9 Å². The molecule has 3 atom stereocenters. The number of hydrogen-bond donors (Lipinski definition) is 4. The summed E-state index contributed by atoms with van der Waals surface area (Å²) in [6, 6.07) is 1.33. The molecule has 232 valence electrons. The molecule has 0 bridgehead atoms. The molecule has 1 aromatic carbocycles. The summed E-state index contributed by atoms with van der Waals surface area (Å²) in [6.07, 6.45) is -3.01. The van der Waals surface area contributed by atoms with Crippen LogP contribution in [-0.2, 0) is 30.4 Å². The summed E-state index contributed by atoms with van der Waals surface area (Å²) in [5.41, 5.74) is -0.0865. The number of carbonyl (C=O) groups is 5. The van der Waals surface area contributed by atoms with Crippen LogP contribution in [0.2, 0.25) is 5.02 Å². The molecule has 2 unspecified atom stereocenters. The van der Waals surface area contributed by atoms with E-state index in [1.807, 2.05) is 20.8 Å². The lowest BCUT2D eigenvalue weighted by molar-refractivity contribution is -0.274. The smallest absolute Gasteiger partial charge is 0.404 e. The number of carbonyl (C=O) groups excluding carboxylic acids is 5. The van der Waals surface area contributed by atoms with E-state index < -0.39 is 59.0 Å². The largest absolute Gasteiger partial charge is 0.573 e. The lowest BCUT2D eigenvalue weighted by Crippen LogP contribution is -2.55. The van der Waals surface area contributed by atoms with E-state index in [9.17, 15) is 37.1 Å². The molecule has 0 spiro atoms. The lowest BCUT2D eigenvalue weighted by Gasteiger charge is -2.28. The number of alkyl halides is 3. The molecule has 0 radical (unpaired) electrons.